The number of methoxy groups -OCH3 is 1. The number of carbonyl (C=O) groups is 2. The number of amides is 2. The third-order valence-electron chi connectivity index (χ3n) is 2.44. The molecule has 2 amide bonds. The summed E-state index contributed by atoms with van der Waals surface area (Å²) in [5, 5.41) is 13.7. The van der Waals surface area contributed by atoms with Crippen LogP contribution in [0.1, 0.15) is 10.4 Å². The second-order valence-corrected chi connectivity index (χ2v) is 3.95. The van der Waals surface area contributed by atoms with Gasteiger partial charge in [0.1, 0.15) is 11.4 Å². The van der Waals surface area contributed by atoms with Crippen molar-refractivity contribution in [3.63, 3.8) is 0 Å². The van der Waals surface area contributed by atoms with E-state index < -0.39 is 23.4 Å². The molecule has 1 rings (SSSR count). The first-order valence-corrected chi connectivity index (χ1v) is 6.19. The number of carboxylic acid groups (broad SMARTS) is 1. The van der Waals surface area contributed by atoms with Crippen LogP contribution in [-0.2, 0) is 9.47 Å². The average Bonchev–Trinajstić information content (AvgIpc) is 2.42. The second kappa shape index (κ2) is 8.88. The summed E-state index contributed by atoms with van der Waals surface area (Å²) in [6, 6.07) is 2.99. The molecule has 8 heteroatoms. The molecule has 116 valence electrons. The number of halogens is 1. The summed E-state index contributed by atoms with van der Waals surface area (Å²) < 4.78 is 23.3. The van der Waals surface area contributed by atoms with Crippen LogP contribution in [0.5, 0.6) is 0 Å². The van der Waals surface area contributed by atoms with Gasteiger partial charge in [-0.2, -0.15) is 0 Å². The van der Waals surface area contributed by atoms with Gasteiger partial charge in [0.25, 0.3) is 0 Å². The van der Waals surface area contributed by atoms with Crippen LogP contribution in [0.2, 0.25) is 0 Å². The highest BCUT2D eigenvalue weighted by atomic mass is 19.1. The zero-order chi connectivity index (χ0) is 15.7. The van der Waals surface area contributed by atoms with E-state index in [1.54, 1.807) is 7.11 Å². The first-order valence-electron chi connectivity index (χ1n) is 6.19. The molecule has 0 spiro atoms. The molecule has 7 nitrogen and oxygen atoms in total. The van der Waals surface area contributed by atoms with E-state index in [0.717, 1.165) is 6.07 Å². The molecule has 0 heterocycles. The summed E-state index contributed by atoms with van der Waals surface area (Å²) in [7, 11) is 1.55. The number of hydrogen-bond donors (Lipinski definition) is 3. The Morgan fingerprint density at radius 1 is 1.29 bits per heavy atom. The minimum Gasteiger partial charge on any atom is -0.478 e. The predicted octanol–water partition coefficient (Wildman–Crippen LogP) is 1.31. The maximum atomic E-state index is 13.4. The van der Waals surface area contributed by atoms with Gasteiger partial charge in [-0.3, -0.25) is 0 Å². The smallest absolute Gasteiger partial charge is 0.340 e. The van der Waals surface area contributed by atoms with Crippen LogP contribution in [0.4, 0.5) is 14.9 Å². The largest absolute Gasteiger partial charge is 0.478 e. The predicted molar refractivity (Wildman–Crippen MR) is 73.1 cm³/mol. The molecule has 3 N–H and O–H groups in total. The van der Waals surface area contributed by atoms with Gasteiger partial charge in [0.05, 0.1) is 25.5 Å². The molecule has 0 radical (unpaired) electrons. The summed E-state index contributed by atoms with van der Waals surface area (Å²) in [6.45, 7) is 1.38. The van der Waals surface area contributed by atoms with Crippen molar-refractivity contribution in [1.29, 1.82) is 0 Å². The molecule has 0 aliphatic heterocycles. The molecule has 0 unspecified atom stereocenters. The highest BCUT2D eigenvalue weighted by Gasteiger charge is 2.16. The SMILES string of the molecule is COCCOCCNC(=O)Nc1cccc(F)c1C(=O)O. The maximum Gasteiger partial charge on any atom is 0.340 e. The van der Waals surface area contributed by atoms with Gasteiger partial charge in [-0.05, 0) is 12.1 Å². The van der Waals surface area contributed by atoms with Crippen LogP contribution in [-0.4, -0.2) is 50.6 Å². The van der Waals surface area contributed by atoms with Crippen molar-refractivity contribution in [2.75, 3.05) is 38.8 Å². The van der Waals surface area contributed by atoms with Gasteiger partial charge in [0.15, 0.2) is 0 Å². The molecule has 1 aromatic rings. The van der Waals surface area contributed by atoms with E-state index in [2.05, 4.69) is 10.6 Å². The lowest BCUT2D eigenvalue weighted by molar-refractivity contribution is 0.0693. The van der Waals surface area contributed by atoms with E-state index in [1.807, 2.05) is 0 Å². The standard InChI is InChI=1S/C13H17FN2O5/c1-20-7-8-21-6-5-15-13(19)16-10-4-2-3-9(14)11(10)12(17)18/h2-4H,5-8H2,1H3,(H,17,18)(H2,15,16,19). The van der Waals surface area contributed by atoms with Crippen LogP contribution >= 0.6 is 0 Å². The van der Waals surface area contributed by atoms with Gasteiger partial charge in [0.2, 0.25) is 0 Å². The maximum absolute atomic E-state index is 13.4. The lowest BCUT2D eigenvalue weighted by Gasteiger charge is -2.10. The molecule has 0 fully saturated rings. The van der Waals surface area contributed by atoms with Gasteiger partial charge in [-0.15, -0.1) is 0 Å². The van der Waals surface area contributed by atoms with Crippen molar-refractivity contribution >= 4 is 17.7 Å². The van der Waals surface area contributed by atoms with Crippen molar-refractivity contribution in [2.24, 2.45) is 0 Å². The summed E-state index contributed by atoms with van der Waals surface area (Å²) in [6.07, 6.45) is 0. The average molecular weight is 300 g/mol. The Kier molecular flexibility index (Phi) is 7.13. The molecule has 0 atom stereocenters. The number of carboxylic acids is 1. The molecule has 21 heavy (non-hydrogen) atoms. The first kappa shape index (κ1) is 16.9. The monoisotopic (exact) mass is 300 g/mol. The normalized spacial score (nSPS) is 10.2. The third kappa shape index (κ3) is 5.76. The molecular weight excluding hydrogens is 283 g/mol. The molecule has 0 bridgehead atoms. The topological polar surface area (TPSA) is 96.9 Å². The van der Waals surface area contributed by atoms with E-state index in [9.17, 15) is 14.0 Å². The molecule has 0 aromatic heterocycles. The Morgan fingerprint density at radius 3 is 2.71 bits per heavy atom. The zero-order valence-corrected chi connectivity index (χ0v) is 11.5. The Bertz CT molecular complexity index is 495. The quantitative estimate of drug-likeness (QED) is 0.629. The number of rotatable bonds is 8. The summed E-state index contributed by atoms with van der Waals surface area (Å²) in [5.74, 6) is -2.37. The van der Waals surface area contributed by atoms with Crippen LogP contribution < -0.4 is 10.6 Å². The zero-order valence-electron chi connectivity index (χ0n) is 11.5. The van der Waals surface area contributed by atoms with Gasteiger partial charge >= 0.3 is 12.0 Å². The molecule has 0 aliphatic rings. The minimum atomic E-state index is -1.45. The summed E-state index contributed by atoms with van der Waals surface area (Å²) in [5.41, 5.74) is -0.690. The Labute approximate surface area is 121 Å². The fourth-order valence-electron chi connectivity index (χ4n) is 1.49. The van der Waals surface area contributed by atoms with Gasteiger partial charge in [-0.25, -0.2) is 14.0 Å². The van der Waals surface area contributed by atoms with Crippen molar-refractivity contribution in [3.8, 4) is 0 Å². The van der Waals surface area contributed by atoms with Crippen LogP contribution in [0.25, 0.3) is 0 Å². The molecule has 0 aliphatic carbocycles. The lowest BCUT2D eigenvalue weighted by atomic mass is 10.1. The van der Waals surface area contributed by atoms with E-state index in [0.29, 0.717) is 13.2 Å². The number of ether oxygens (including phenoxy) is 2. The summed E-state index contributed by atoms with van der Waals surface area (Å²) in [4.78, 5) is 22.5. The fraction of sp³-hybridized carbons (Fsp3) is 0.385. The minimum absolute atomic E-state index is 0.111. The molecular formula is C13H17FN2O5. The number of nitrogens with one attached hydrogen (secondary N) is 2. The van der Waals surface area contributed by atoms with Gasteiger partial charge in [-0.1, -0.05) is 6.07 Å². The number of carbonyl (C=O) groups excluding carboxylic acids is 1. The van der Waals surface area contributed by atoms with E-state index in [-0.39, 0.29) is 18.8 Å². The molecule has 0 saturated heterocycles. The van der Waals surface area contributed by atoms with Crippen LogP contribution in [0.15, 0.2) is 18.2 Å². The van der Waals surface area contributed by atoms with Crippen molar-refractivity contribution in [2.45, 2.75) is 0 Å². The van der Waals surface area contributed by atoms with Gasteiger partial charge in [0, 0.05) is 13.7 Å². The molecule has 0 saturated carbocycles. The van der Waals surface area contributed by atoms with Crippen molar-refractivity contribution in [1.82, 2.24) is 5.32 Å². The van der Waals surface area contributed by atoms with Crippen LogP contribution in [0.3, 0.4) is 0 Å². The molecule has 1 aromatic carbocycles. The highest BCUT2D eigenvalue weighted by Crippen LogP contribution is 2.18. The number of urea groups is 1. The Balaban J connectivity index is 2.45. The number of anilines is 1. The second-order valence-electron chi connectivity index (χ2n) is 3.95. The number of benzene rings is 1. The third-order valence-corrected chi connectivity index (χ3v) is 2.44. The number of aromatic carboxylic acids is 1. The van der Waals surface area contributed by atoms with E-state index in [4.69, 9.17) is 14.6 Å². The Morgan fingerprint density at radius 2 is 2.05 bits per heavy atom. The Hall–Kier alpha value is -2.19. The lowest BCUT2D eigenvalue weighted by Crippen LogP contribution is -2.32. The number of hydrogen-bond acceptors (Lipinski definition) is 4. The fourth-order valence-corrected chi connectivity index (χ4v) is 1.49. The van der Waals surface area contributed by atoms with E-state index in [1.165, 1.54) is 12.1 Å². The first-order chi connectivity index (χ1) is 10.1. The van der Waals surface area contributed by atoms with Crippen molar-refractivity contribution in [3.05, 3.63) is 29.6 Å². The van der Waals surface area contributed by atoms with Gasteiger partial charge < -0.3 is 25.2 Å². The van der Waals surface area contributed by atoms with Crippen LogP contribution in [0, 0.1) is 5.82 Å². The van der Waals surface area contributed by atoms with Crippen molar-refractivity contribution < 1.29 is 28.6 Å². The highest BCUT2D eigenvalue weighted by molar-refractivity contribution is 6.00. The summed E-state index contributed by atoms with van der Waals surface area (Å²) >= 11 is 0. The van der Waals surface area contributed by atoms with E-state index >= 15 is 0 Å².